The molecule has 1 N–H and O–H groups in total. The maximum atomic E-state index is 5.17. The van der Waals surface area contributed by atoms with Crippen LogP contribution in [-0.4, -0.2) is 26.6 Å². The van der Waals surface area contributed by atoms with Crippen LogP contribution in [0.4, 0.5) is 0 Å². The molecule has 15 heavy (non-hydrogen) atoms. The van der Waals surface area contributed by atoms with Gasteiger partial charge in [-0.25, -0.2) is 0 Å². The van der Waals surface area contributed by atoms with Crippen LogP contribution in [0.15, 0.2) is 23.0 Å². The molecular formula is C11H19NO3. The van der Waals surface area contributed by atoms with Crippen molar-refractivity contribution in [2.24, 2.45) is 0 Å². The van der Waals surface area contributed by atoms with Gasteiger partial charge in [0.25, 0.3) is 0 Å². The van der Waals surface area contributed by atoms with Gasteiger partial charge in [0.05, 0.1) is 18.6 Å². The Bertz CT molecular complexity index is 257. The molecule has 0 aromatic carbocycles. The van der Waals surface area contributed by atoms with Crippen molar-refractivity contribution < 1.29 is 13.9 Å². The highest BCUT2D eigenvalue weighted by atomic mass is 16.7. The Morgan fingerprint density at radius 1 is 1.27 bits per heavy atom. The summed E-state index contributed by atoms with van der Waals surface area (Å²) in [6.07, 6.45) is 3.17. The van der Waals surface area contributed by atoms with Crippen LogP contribution < -0.4 is 5.32 Å². The molecule has 1 aromatic heterocycles. The average molecular weight is 213 g/mol. The zero-order valence-corrected chi connectivity index (χ0v) is 9.69. The average Bonchev–Trinajstić information content (AvgIpc) is 2.72. The van der Waals surface area contributed by atoms with Crippen LogP contribution in [0, 0.1) is 0 Å². The molecule has 4 nitrogen and oxygen atoms in total. The van der Waals surface area contributed by atoms with Gasteiger partial charge in [0, 0.05) is 25.8 Å². The summed E-state index contributed by atoms with van der Waals surface area (Å²) in [5.41, 5.74) is 1.12. The number of methoxy groups -OCH3 is 2. The van der Waals surface area contributed by atoms with Gasteiger partial charge in [-0.1, -0.05) is 0 Å². The summed E-state index contributed by atoms with van der Waals surface area (Å²) in [6, 6.07) is 2.27. The van der Waals surface area contributed by atoms with E-state index in [4.69, 9.17) is 13.9 Å². The molecule has 0 saturated heterocycles. The van der Waals surface area contributed by atoms with Gasteiger partial charge in [-0.05, 0) is 19.9 Å². The number of nitrogens with one attached hydrogen (secondary N) is 1. The van der Waals surface area contributed by atoms with E-state index in [0.29, 0.717) is 0 Å². The highest BCUT2D eigenvalue weighted by molar-refractivity contribution is 5.10. The molecule has 0 saturated carbocycles. The summed E-state index contributed by atoms with van der Waals surface area (Å²) >= 11 is 0. The maximum Gasteiger partial charge on any atom is 0.171 e. The van der Waals surface area contributed by atoms with E-state index in [2.05, 4.69) is 12.2 Å². The van der Waals surface area contributed by atoms with Gasteiger partial charge < -0.3 is 19.2 Å². The number of hydrogen-bond acceptors (Lipinski definition) is 4. The van der Waals surface area contributed by atoms with Crippen LogP contribution in [0.2, 0.25) is 0 Å². The molecule has 86 valence electrons. The molecule has 1 heterocycles. The van der Waals surface area contributed by atoms with Gasteiger partial charge in [0.1, 0.15) is 0 Å². The van der Waals surface area contributed by atoms with E-state index in [1.165, 1.54) is 0 Å². The van der Waals surface area contributed by atoms with Gasteiger partial charge in [-0.3, -0.25) is 0 Å². The summed E-state index contributed by atoms with van der Waals surface area (Å²) in [5, 5.41) is 3.37. The summed E-state index contributed by atoms with van der Waals surface area (Å²) in [4.78, 5) is 0. The zero-order valence-electron chi connectivity index (χ0n) is 9.69. The van der Waals surface area contributed by atoms with Gasteiger partial charge >= 0.3 is 0 Å². The Morgan fingerprint density at radius 2 is 1.93 bits per heavy atom. The minimum absolute atomic E-state index is 0.116. The number of hydrogen-bond donors (Lipinski definition) is 1. The predicted octanol–water partition coefficient (Wildman–Crippen LogP) is 1.94. The molecule has 0 radical (unpaired) electrons. The number of furan rings is 1. The number of ether oxygens (including phenoxy) is 2. The second-order valence-electron chi connectivity index (χ2n) is 3.57. The standard InChI is InChI=1S/C11H19NO3/c1-8(10-5-6-15-7-10)12-9(2)11(13-3)14-4/h5-9,11-12H,1-4H3. The lowest BCUT2D eigenvalue weighted by atomic mass is 10.1. The molecule has 1 rings (SSSR count). The predicted molar refractivity (Wildman–Crippen MR) is 57.5 cm³/mol. The van der Waals surface area contributed by atoms with Crippen molar-refractivity contribution >= 4 is 0 Å². The molecule has 0 spiro atoms. The zero-order chi connectivity index (χ0) is 11.3. The highest BCUT2D eigenvalue weighted by Gasteiger charge is 2.18. The van der Waals surface area contributed by atoms with E-state index in [9.17, 15) is 0 Å². The van der Waals surface area contributed by atoms with Gasteiger partial charge in [0.15, 0.2) is 6.29 Å². The molecule has 0 aliphatic heterocycles. The second-order valence-corrected chi connectivity index (χ2v) is 3.57. The Labute approximate surface area is 90.6 Å². The largest absolute Gasteiger partial charge is 0.472 e. The van der Waals surface area contributed by atoms with Crippen molar-refractivity contribution in [3.05, 3.63) is 24.2 Å². The highest BCUT2D eigenvalue weighted by Crippen LogP contribution is 2.14. The van der Waals surface area contributed by atoms with Crippen LogP contribution in [0.5, 0.6) is 0 Å². The van der Waals surface area contributed by atoms with Gasteiger partial charge in [0.2, 0.25) is 0 Å². The first kappa shape index (κ1) is 12.2. The summed E-state index contributed by atoms with van der Waals surface area (Å²) < 4.78 is 15.4. The minimum Gasteiger partial charge on any atom is -0.472 e. The molecule has 4 heteroatoms. The Kier molecular flexibility index (Phi) is 4.81. The Balaban J connectivity index is 2.47. The quantitative estimate of drug-likeness (QED) is 0.733. The third-order valence-electron chi connectivity index (χ3n) is 2.43. The van der Waals surface area contributed by atoms with Crippen molar-refractivity contribution in [2.45, 2.75) is 32.2 Å². The van der Waals surface area contributed by atoms with E-state index in [1.807, 2.05) is 13.0 Å². The normalized spacial score (nSPS) is 15.5. The molecule has 2 atom stereocenters. The van der Waals surface area contributed by atoms with Crippen LogP contribution in [0.3, 0.4) is 0 Å². The first-order valence-corrected chi connectivity index (χ1v) is 5.02. The van der Waals surface area contributed by atoms with Crippen molar-refractivity contribution in [3.8, 4) is 0 Å². The van der Waals surface area contributed by atoms with Crippen LogP contribution in [-0.2, 0) is 9.47 Å². The SMILES string of the molecule is COC(OC)C(C)NC(C)c1ccoc1. The van der Waals surface area contributed by atoms with Crippen LogP contribution >= 0.6 is 0 Å². The summed E-state index contributed by atoms with van der Waals surface area (Å²) in [5.74, 6) is 0. The first-order valence-electron chi connectivity index (χ1n) is 5.02. The van der Waals surface area contributed by atoms with E-state index < -0.39 is 0 Å². The van der Waals surface area contributed by atoms with Crippen LogP contribution in [0.25, 0.3) is 0 Å². The second kappa shape index (κ2) is 5.90. The van der Waals surface area contributed by atoms with E-state index in [1.54, 1.807) is 26.7 Å². The summed E-state index contributed by atoms with van der Waals surface area (Å²) in [6.45, 7) is 4.10. The van der Waals surface area contributed by atoms with E-state index in [0.717, 1.165) is 5.56 Å². The third-order valence-corrected chi connectivity index (χ3v) is 2.43. The van der Waals surface area contributed by atoms with E-state index >= 15 is 0 Å². The molecule has 0 bridgehead atoms. The summed E-state index contributed by atoms with van der Waals surface area (Å²) in [7, 11) is 3.27. The smallest absolute Gasteiger partial charge is 0.171 e. The monoisotopic (exact) mass is 213 g/mol. The topological polar surface area (TPSA) is 43.6 Å². The van der Waals surface area contributed by atoms with Crippen LogP contribution in [0.1, 0.15) is 25.5 Å². The first-order chi connectivity index (χ1) is 7.19. The fourth-order valence-corrected chi connectivity index (χ4v) is 1.59. The minimum atomic E-state index is -0.237. The van der Waals surface area contributed by atoms with Gasteiger partial charge in [-0.15, -0.1) is 0 Å². The molecule has 0 fully saturated rings. The Hall–Kier alpha value is -0.840. The fourth-order valence-electron chi connectivity index (χ4n) is 1.59. The lowest BCUT2D eigenvalue weighted by Crippen LogP contribution is -2.40. The lowest BCUT2D eigenvalue weighted by molar-refractivity contribution is -0.120. The molecule has 0 aliphatic carbocycles. The van der Waals surface area contributed by atoms with Crippen molar-refractivity contribution in [2.75, 3.05) is 14.2 Å². The Morgan fingerprint density at radius 3 is 2.40 bits per heavy atom. The van der Waals surface area contributed by atoms with Crippen molar-refractivity contribution in [3.63, 3.8) is 0 Å². The molecule has 0 aliphatic rings. The third kappa shape index (κ3) is 3.34. The lowest BCUT2D eigenvalue weighted by Gasteiger charge is -2.25. The molecule has 0 amide bonds. The van der Waals surface area contributed by atoms with E-state index in [-0.39, 0.29) is 18.4 Å². The van der Waals surface area contributed by atoms with Gasteiger partial charge in [-0.2, -0.15) is 0 Å². The molecule has 2 unspecified atom stereocenters. The molecule has 1 aromatic rings. The van der Waals surface area contributed by atoms with Crippen molar-refractivity contribution in [1.82, 2.24) is 5.32 Å². The molecular weight excluding hydrogens is 194 g/mol. The maximum absolute atomic E-state index is 5.17. The fraction of sp³-hybridized carbons (Fsp3) is 0.636. The van der Waals surface area contributed by atoms with Crippen molar-refractivity contribution in [1.29, 1.82) is 0 Å². The number of rotatable bonds is 6.